The van der Waals surface area contributed by atoms with Crippen LogP contribution in [0.1, 0.15) is 31.9 Å². The molecule has 0 fully saturated rings. The first-order valence-electron chi connectivity index (χ1n) is 6.36. The maximum Gasteiger partial charge on any atom is 0.305 e. The number of benzene rings is 1. The Morgan fingerprint density at radius 2 is 2.05 bits per heavy atom. The number of unbranched alkanes of at least 4 members (excludes halogenated alkanes) is 2. The quantitative estimate of drug-likeness (QED) is 0.458. The van der Waals surface area contributed by atoms with Gasteiger partial charge in [-0.25, -0.2) is 4.98 Å². The number of fused-ring (bicyclic) bond motifs is 1. The lowest BCUT2D eigenvalue weighted by molar-refractivity contribution is -0.386. The lowest BCUT2D eigenvalue weighted by Gasteiger charge is -2.07. The topological polar surface area (TPSA) is 56.0 Å². The van der Waals surface area contributed by atoms with E-state index in [9.17, 15) is 10.1 Å². The molecule has 2 rings (SSSR count). The Hall–Kier alpha value is -1.49. The number of nitro groups is 1. The number of halogens is 1. The highest BCUT2D eigenvalue weighted by molar-refractivity contribution is 9.10. The van der Waals surface area contributed by atoms with Gasteiger partial charge in [-0.15, -0.1) is 0 Å². The second kappa shape index (κ2) is 6.10. The van der Waals surface area contributed by atoms with Crippen LogP contribution >= 0.6 is 15.9 Å². The fourth-order valence-electron chi connectivity index (χ4n) is 2.11. The molecule has 0 amide bonds. The summed E-state index contributed by atoms with van der Waals surface area (Å²) in [4.78, 5) is 15.4. The molecule has 0 aliphatic carbocycles. The van der Waals surface area contributed by atoms with Gasteiger partial charge in [-0.05, 0) is 34.8 Å². The van der Waals surface area contributed by atoms with E-state index in [1.807, 2.05) is 24.3 Å². The summed E-state index contributed by atoms with van der Waals surface area (Å²) in [6, 6.07) is 7.47. The van der Waals surface area contributed by atoms with Gasteiger partial charge in [0.25, 0.3) is 0 Å². The lowest BCUT2D eigenvalue weighted by Crippen LogP contribution is -2.01. The van der Waals surface area contributed by atoms with Crippen molar-refractivity contribution in [2.75, 3.05) is 0 Å². The Bertz CT molecular complexity index is 614. The van der Waals surface area contributed by atoms with Crippen molar-refractivity contribution in [3.8, 4) is 0 Å². The molecule has 0 saturated heterocycles. The van der Waals surface area contributed by atoms with Crippen molar-refractivity contribution in [1.29, 1.82) is 0 Å². The largest absolute Gasteiger partial charge is 0.305 e. The first kappa shape index (κ1) is 13.9. The summed E-state index contributed by atoms with van der Waals surface area (Å²) in [5.74, 6) is 0. The maximum absolute atomic E-state index is 11.3. The van der Waals surface area contributed by atoms with E-state index in [-0.39, 0.29) is 10.6 Å². The summed E-state index contributed by atoms with van der Waals surface area (Å²) in [6.07, 6.45) is 3.72. The standard InChI is InChI=1S/C14H15BrN2O2/c1-2-3-4-9-12-14(17(18)19)13(15)10-7-5-6-8-11(10)16-12/h5-8H,2-4,9H2,1H3. The Labute approximate surface area is 120 Å². The molecule has 0 aliphatic rings. The van der Waals surface area contributed by atoms with Crippen LogP contribution in [0.4, 0.5) is 5.69 Å². The third-order valence-electron chi connectivity index (χ3n) is 3.08. The van der Waals surface area contributed by atoms with Gasteiger partial charge in [0, 0.05) is 5.39 Å². The number of hydrogen-bond donors (Lipinski definition) is 0. The van der Waals surface area contributed by atoms with Crippen LogP contribution in [0.2, 0.25) is 0 Å². The first-order chi connectivity index (χ1) is 9.15. The number of nitrogens with zero attached hydrogens (tertiary/aromatic N) is 2. The highest BCUT2D eigenvalue weighted by atomic mass is 79.9. The normalized spacial score (nSPS) is 10.8. The fourth-order valence-corrected chi connectivity index (χ4v) is 2.82. The van der Waals surface area contributed by atoms with E-state index in [1.165, 1.54) is 0 Å². The molecule has 0 bridgehead atoms. The zero-order valence-electron chi connectivity index (χ0n) is 10.7. The number of pyridine rings is 1. The van der Waals surface area contributed by atoms with E-state index in [2.05, 4.69) is 27.8 Å². The van der Waals surface area contributed by atoms with Gasteiger partial charge in [-0.3, -0.25) is 10.1 Å². The van der Waals surface area contributed by atoms with Crippen molar-refractivity contribution < 1.29 is 4.92 Å². The van der Waals surface area contributed by atoms with Gasteiger partial charge in [0.15, 0.2) is 0 Å². The number of aromatic nitrogens is 1. The van der Waals surface area contributed by atoms with Crippen LogP contribution in [0.25, 0.3) is 10.9 Å². The Kier molecular flexibility index (Phi) is 4.47. The third-order valence-corrected chi connectivity index (χ3v) is 3.88. The van der Waals surface area contributed by atoms with Crippen molar-refractivity contribution in [2.45, 2.75) is 32.6 Å². The zero-order valence-corrected chi connectivity index (χ0v) is 12.3. The molecular weight excluding hydrogens is 308 g/mol. The van der Waals surface area contributed by atoms with Gasteiger partial charge in [0.1, 0.15) is 10.2 Å². The Morgan fingerprint density at radius 3 is 2.74 bits per heavy atom. The SMILES string of the molecule is CCCCCc1nc2ccccc2c(Br)c1[N+](=O)[O-]. The molecule has 4 nitrogen and oxygen atoms in total. The number of para-hydroxylation sites is 1. The fraction of sp³-hybridized carbons (Fsp3) is 0.357. The predicted molar refractivity (Wildman–Crippen MR) is 79.3 cm³/mol. The van der Waals surface area contributed by atoms with Gasteiger partial charge < -0.3 is 0 Å². The smallest absolute Gasteiger partial charge is 0.258 e. The summed E-state index contributed by atoms with van der Waals surface area (Å²) in [6.45, 7) is 2.11. The van der Waals surface area contributed by atoms with Gasteiger partial charge in [-0.2, -0.15) is 0 Å². The second-order valence-corrected chi connectivity index (χ2v) is 5.25. The summed E-state index contributed by atoms with van der Waals surface area (Å²) < 4.78 is 0.537. The molecular formula is C14H15BrN2O2. The highest BCUT2D eigenvalue weighted by Crippen LogP contribution is 2.35. The van der Waals surface area contributed by atoms with Crippen molar-refractivity contribution >= 4 is 32.5 Å². The lowest BCUT2D eigenvalue weighted by atomic mass is 10.1. The minimum absolute atomic E-state index is 0.106. The van der Waals surface area contributed by atoms with Crippen molar-refractivity contribution in [2.24, 2.45) is 0 Å². The van der Waals surface area contributed by atoms with E-state index in [0.29, 0.717) is 16.6 Å². The molecule has 0 saturated carbocycles. The molecule has 0 atom stereocenters. The molecule has 1 aromatic heterocycles. The Morgan fingerprint density at radius 1 is 1.32 bits per heavy atom. The average molecular weight is 323 g/mol. The van der Waals surface area contributed by atoms with E-state index < -0.39 is 0 Å². The highest BCUT2D eigenvalue weighted by Gasteiger charge is 2.22. The van der Waals surface area contributed by atoms with Crippen LogP contribution in [0.5, 0.6) is 0 Å². The van der Waals surface area contributed by atoms with Gasteiger partial charge >= 0.3 is 5.69 Å². The number of rotatable bonds is 5. The first-order valence-corrected chi connectivity index (χ1v) is 7.16. The predicted octanol–water partition coefficient (Wildman–Crippen LogP) is 4.64. The maximum atomic E-state index is 11.3. The van der Waals surface area contributed by atoms with Crippen molar-refractivity contribution in [3.63, 3.8) is 0 Å². The van der Waals surface area contributed by atoms with E-state index >= 15 is 0 Å². The number of hydrogen-bond acceptors (Lipinski definition) is 3. The zero-order chi connectivity index (χ0) is 13.8. The molecule has 0 unspecified atom stereocenters. The molecule has 19 heavy (non-hydrogen) atoms. The molecule has 2 aromatic rings. The molecule has 5 heteroatoms. The molecule has 100 valence electrons. The van der Waals surface area contributed by atoms with Crippen molar-refractivity contribution in [3.05, 3.63) is 44.5 Å². The summed E-state index contributed by atoms with van der Waals surface area (Å²) in [5.41, 5.74) is 1.48. The molecule has 0 N–H and O–H groups in total. The van der Waals surface area contributed by atoms with E-state index in [0.717, 1.165) is 30.2 Å². The minimum atomic E-state index is -0.342. The van der Waals surface area contributed by atoms with Gasteiger partial charge in [0.2, 0.25) is 0 Å². The van der Waals surface area contributed by atoms with Gasteiger partial charge in [0.05, 0.1) is 10.4 Å². The third kappa shape index (κ3) is 2.92. The molecule has 0 aliphatic heterocycles. The molecule has 0 spiro atoms. The monoisotopic (exact) mass is 322 g/mol. The van der Waals surface area contributed by atoms with Crippen LogP contribution in [-0.2, 0) is 6.42 Å². The minimum Gasteiger partial charge on any atom is -0.258 e. The summed E-state index contributed by atoms with van der Waals surface area (Å²) in [5, 5.41) is 12.0. The molecule has 1 heterocycles. The van der Waals surface area contributed by atoms with Crippen LogP contribution in [0, 0.1) is 10.1 Å². The summed E-state index contributed by atoms with van der Waals surface area (Å²) >= 11 is 3.36. The van der Waals surface area contributed by atoms with E-state index in [4.69, 9.17) is 0 Å². The average Bonchev–Trinajstić information content (AvgIpc) is 2.39. The molecule has 1 aromatic carbocycles. The summed E-state index contributed by atoms with van der Waals surface area (Å²) in [7, 11) is 0. The Balaban J connectivity index is 2.53. The van der Waals surface area contributed by atoms with Crippen LogP contribution in [0.3, 0.4) is 0 Å². The van der Waals surface area contributed by atoms with E-state index in [1.54, 1.807) is 0 Å². The second-order valence-electron chi connectivity index (χ2n) is 4.45. The van der Waals surface area contributed by atoms with Gasteiger partial charge in [-0.1, -0.05) is 38.0 Å². The number of aryl methyl sites for hydroxylation is 1. The van der Waals surface area contributed by atoms with Crippen LogP contribution in [-0.4, -0.2) is 9.91 Å². The van der Waals surface area contributed by atoms with Crippen molar-refractivity contribution in [1.82, 2.24) is 4.98 Å². The van der Waals surface area contributed by atoms with Crippen LogP contribution < -0.4 is 0 Å². The van der Waals surface area contributed by atoms with Crippen LogP contribution in [0.15, 0.2) is 28.7 Å². The molecule has 0 radical (unpaired) electrons.